The first-order valence-electron chi connectivity index (χ1n) is 8.49. The molecule has 2 fully saturated rings. The Kier molecular flexibility index (Phi) is 6.80. The molecule has 4 heteroatoms. The fraction of sp³-hybridized carbons (Fsp3) is 0.938. The molecule has 116 valence electrons. The van der Waals surface area contributed by atoms with Gasteiger partial charge in [-0.15, -0.1) is 0 Å². The highest BCUT2D eigenvalue weighted by Crippen LogP contribution is 2.15. The molecule has 0 spiro atoms. The first-order valence-corrected chi connectivity index (χ1v) is 8.49. The van der Waals surface area contributed by atoms with E-state index in [9.17, 15) is 4.79 Å². The average Bonchev–Trinajstić information content (AvgIpc) is 2.48. The third-order valence-corrected chi connectivity index (χ3v) is 4.57. The van der Waals surface area contributed by atoms with Crippen molar-refractivity contribution in [3.8, 4) is 0 Å². The highest BCUT2D eigenvalue weighted by Gasteiger charge is 2.19. The van der Waals surface area contributed by atoms with Gasteiger partial charge in [-0.25, -0.2) is 0 Å². The van der Waals surface area contributed by atoms with Gasteiger partial charge in [-0.1, -0.05) is 13.3 Å². The molecule has 0 aromatic heterocycles. The van der Waals surface area contributed by atoms with Crippen LogP contribution in [0, 0.1) is 5.92 Å². The van der Waals surface area contributed by atoms with Crippen LogP contribution in [0.15, 0.2) is 0 Å². The van der Waals surface area contributed by atoms with Gasteiger partial charge in [-0.3, -0.25) is 4.79 Å². The summed E-state index contributed by atoms with van der Waals surface area (Å²) >= 11 is 0. The summed E-state index contributed by atoms with van der Waals surface area (Å²) in [5.74, 6) is 1.07. The Balaban J connectivity index is 1.49. The van der Waals surface area contributed by atoms with Crippen molar-refractivity contribution in [3.63, 3.8) is 0 Å². The van der Waals surface area contributed by atoms with Crippen LogP contribution in [-0.4, -0.2) is 49.6 Å². The van der Waals surface area contributed by atoms with Crippen LogP contribution < -0.4 is 10.6 Å². The SMILES string of the molecule is CC1CCCN(CCCCNC(=O)C2CCCCN2)C1. The summed E-state index contributed by atoms with van der Waals surface area (Å²) in [7, 11) is 0. The van der Waals surface area contributed by atoms with Gasteiger partial charge in [0.1, 0.15) is 0 Å². The van der Waals surface area contributed by atoms with Gasteiger partial charge in [0.25, 0.3) is 0 Å². The zero-order valence-electron chi connectivity index (χ0n) is 13.0. The molecule has 2 rings (SSSR count). The number of rotatable bonds is 6. The van der Waals surface area contributed by atoms with Crippen LogP contribution in [0.3, 0.4) is 0 Å². The molecule has 2 unspecified atom stereocenters. The van der Waals surface area contributed by atoms with Crippen molar-refractivity contribution in [1.82, 2.24) is 15.5 Å². The van der Waals surface area contributed by atoms with Gasteiger partial charge in [-0.05, 0) is 64.1 Å². The predicted octanol–water partition coefficient (Wildman–Crippen LogP) is 1.76. The molecule has 1 amide bonds. The van der Waals surface area contributed by atoms with Gasteiger partial charge in [0.15, 0.2) is 0 Å². The number of hydrogen-bond donors (Lipinski definition) is 2. The van der Waals surface area contributed by atoms with Crippen molar-refractivity contribution in [2.24, 2.45) is 5.92 Å². The van der Waals surface area contributed by atoms with E-state index in [1.54, 1.807) is 0 Å². The summed E-state index contributed by atoms with van der Waals surface area (Å²) < 4.78 is 0. The predicted molar refractivity (Wildman–Crippen MR) is 82.7 cm³/mol. The van der Waals surface area contributed by atoms with Crippen molar-refractivity contribution >= 4 is 5.91 Å². The zero-order valence-corrected chi connectivity index (χ0v) is 13.0. The maximum absolute atomic E-state index is 11.9. The molecular weight excluding hydrogens is 250 g/mol. The Bertz CT molecular complexity index is 289. The molecule has 0 aromatic rings. The number of nitrogens with one attached hydrogen (secondary N) is 2. The summed E-state index contributed by atoms with van der Waals surface area (Å²) in [6.07, 6.45) is 8.43. The summed E-state index contributed by atoms with van der Waals surface area (Å²) in [6.45, 7) is 7.90. The quantitative estimate of drug-likeness (QED) is 0.729. The van der Waals surface area contributed by atoms with E-state index in [0.717, 1.165) is 31.8 Å². The Morgan fingerprint density at radius 2 is 2.15 bits per heavy atom. The summed E-state index contributed by atoms with van der Waals surface area (Å²) in [4.78, 5) is 14.5. The molecule has 0 saturated carbocycles. The number of piperidine rings is 2. The monoisotopic (exact) mass is 281 g/mol. The molecule has 0 radical (unpaired) electrons. The van der Waals surface area contributed by atoms with E-state index >= 15 is 0 Å². The summed E-state index contributed by atoms with van der Waals surface area (Å²) in [5.41, 5.74) is 0. The van der Waals surface area contributed by atoms with Crippen molar-refractivity contribution < 1.29 is 4.79 Å². The number of hydrogen-bond acceptors (Lipinski definition) is 3. The largest absolute Gasteiger partial charge is 0.355 e. The smallest absolute Gasteiger partial charge is 0.237 e. The minimum Gasteiger partial charge on any atom is -0.355 e. The van der Waals surface area contributed by atoms with Gasteiger partial charge in [0, 0.05) is 13.1 Å². The highest BCUT2D eigenvalue weighted by atomic mass is 16.2. The third kappa shape index (κ3) is 5.41. The lowest BCUT2D eigenvalue weighted by Gasteiger charge is -2.30. The minimum atomic E-state index is 0.0618. The van der Waals surface area contributed by atoms with Gasteiger partial charge < -0.3 is 15.5 Å². The van der Waals surface area contributed by atoms with Crippen molar-refractivity contribution in [2.75, 3.05) is 32.7 Å². The number of likely N-dealkylation sites (tertiary alicyclic amines) is 1. The van der Waals surface area contributed by atoms with Crippen LogP contribution in [0.1, 0.15) is 51.9 Å². The second kappa shape index (κ2) is 8.63. The number of unbranched alkanes of at least 4 members (excludes halogenated alkanes) is 1. The standard InChI is InChI=1S/C16H31N3O/c1-14-7-6-12-19(13-14)11-5-4-10-18-16(20)15-8-2-3-9-17-15/h14-15,17H,2-13H2,1H3,(H,18,20). The number of carbonyl (C=O) groups excluding carboxylic acids is 1. The topological polar surface area (TPSA) is 44.4 Å². The Morgan fingerprint density at radius 1 is 1.25 bits per heavy atom. The third-order valence-electron chi connectivity index (χ3n) is 4.57. The van der Waals surface area contributed by atoms with Crippen molar-refractivity contribution in [1.29, 1.82) is 0 Å². The van der Waals surface area contributed by atoms with Crippen LogP contribution in [-0.2, 0) is 4.79 Å². The average molecular weight is 281 g/mol. The van der Waals surface area contributed by atoms with Crippen molar-refractivity contribution in [2.45, 2.75) is 57.9 Å². The minimum absolute atomic E-state index is 0.0618. The van der Waals surface area contributed by atoms with E-state index in [1.165, 1.54) is 51.7 Å². The van der Waals surface area contributed by atoms with Gasteiger partial charge >= 0.3 is 0 Å². The Morgan fingerprint density at radius 3 is 2.90 bits per heavy atom. The zero-order chi connectivity index (χ0) is 14.2. The second-order valence-electron chi connectivity index (χ2n) is 6.55. The van der Waals surface area contributed by atoms with E-state index in [4.69, 9.17) is 0 Å². The molecule has 0 aromatic carbocycles. The Labute approximate surface area is 123 Å². The highest BCUT2D eigenvalue weighted by molar-refractivity contribution is 5.81. The van der Waals surface area contributed by atoms with E-state index in [0.29, 0.717) is 0 Å². The van der Waals surface area contributed by atoms with E-state index in [2.05, 4.69) is 22.5 Å². The summed E-state index contributed by atoms with van der Waals surface area (Å²) in [5, 5.41) is 6.37. The number of amides is 1. The molecule has 2 aliphatic rings. The van der Waals surface area contributed by atoms with Gasteiger partial charge in [0.05, 0.1) is 6.04 Å². The van der Waals surface area contributed by atoms with Gasteiger partial charge in [0.2, 0.25) is 5.91 Å². The lowest BCUT2D eigenvalue weighted by molar-refractivity contribution is -0.123. The molecule has 2 saturated heterocycles. The Hall–Kier alpha value is -0.610. The normalized spacial score (nSPS) is 28.2. The molecule has 0 aliphatic carbocycles. The van der Waals surface area contributed by atoms with Crippen LogP contribution in [0.25, 0.3) is 0 Å². The summed E-state index contributed by atoms with van der Waals surface area (Å²) in [6, 6.07) is 0.0618. The number of nitrogens with zero attached hydrogens (tertiary/aromatic N) is 1. The number of carbonyl (C=O) groups is 1. The van der Waals surface area contributed by atoms with Crippen LogP contribution >= 0.6 is 0 Å². The lowest BCUT2D eigenvalue weighted by atomic mass is 10.0. The van der Waals surface area contributed by atoms with E-state index in [1.807, 2.05) is 0 Å². The molecule has 0 bridgehead atoms. The van der Waals surface area contributed by atoms with Crippen molar-refractivity contribution in [3.05, 3.63) is 0 Å². The van der Waals surface area contributed by atoms with Crippen LogP contribution in [0.4, 0.5) is 0 Å². The molecule has 2 heterocycles. The van der Waals surface area contributed by atoms with E-state index < -0.39 is 0 Å². The maximum Gasteiger partial charge on any atom is 0.237 e. The lowest BCUT2D eigenvalue weighted by Crippen LogP contribution is -2.46. The first kappa shape index (κ1) is 15.8. The van der Waals surface area contributed by atoms with E-state index in [-0.39, 0.29) is 11.9 Å². The second-order valence-corrected chi connectivity index (χ2v) is 6.55. The molecule has 4 nitrogen and oxygen atoms in total. The fourth-order valence-electron chi connectivity index (χ4n) is 3.36. The fourth-order valence-corrected chi connectivity index (χ4v) is 3.36. The molecular formula is C16H31N3O. The van der Waals surface area contributed by atoms with Gasteiger partial charge in [-0.2, -0.15) is 0 Å². The first-order chi connectivity index (χ1) is 9.75. The molecule has 2 N–H and O–H groups in total. The van der Waals surface area contributed by atoms with Crippen LogP contribution in [0.5, 0.6) is 0 Å². The van der Waals surface area contributed by atoms with Crippen LogP contribution in [0.2, 0.25) is 0 Å². The molecule has 2 aliphatic heterocycles. The maximum atomic E-state index is 11.9. The molecule has 20 heavy (non-hydrogen) atoms. The molecule has 2 atom stereocenters.